The highest BCUT2D eigenvalue weighted by Crippen LogP contribution is 2.21. The highest BCUT2D eigenvalue weighted by Gasteiger charge is 2.16. The van der Waals surface area contributed by atoms with Crippen LogP contribution in [0.15, 0.2) is 18.2 Å². The summed E-state index contributed by atoms with van der Waals surface area (Å²) in [6.45, 7) is 4.30. The van der Waals surface area contributed by atoms with E-state index in [-0.39, 0.29) is 11.3 Å². The molecule has 5 nitrogen and oxygen atoms in total. The van der Waals surface area contributed by atoms with Crippen molar-refractivity contribution >= 4 is 28.3 Å². The van der Waals surface area contributed by atoms with Gasteiger partial charge in [0.25, 0.3) is 5.91 Å². The maximum atomic E-state index is 13.8. The third-order valence-electron chi connectivity index (χ3n) is 2.56. The standard InChI is InChI=1S/C13H15FN4OS/c1-3-7-15-11-9(5-4-6-10(11)14)12(19)17-13-16-8(2)18-20-13/h4-6,15H,3,7H2,1-2H3,(H,16,17,18,19). The third kappa shape index (κ3) is 3.30. The summed E-state index contributed by atoms with van der Waals surface area (Å²) in [6, 6.07) is 4.40. The fourth-order valence-electron chi connectivity index (χ4n) is 1.66. The van der Waals surface area contributed by atoms with Gasteiger partial charge in [-0.05, 0) is 25.5 Å². The van der Waals surface area contributed by atoms with Crippen molar-refractivity contribution in [3.8, 4) is 0 Å². The van der Waals surface area contributed by atoms with Gasteiger partial charge in [0.05, 0.1) is 11.3 Å². The number of anilines is 2. The number of hydrogen-bond donors (Lipinski definition) is 2. The summed E-state index contributed by atoms with van der Waals surface area (Å²) < 4.78 is 17.8. The molecule has 2 aromatic rings. The first-order valence-electron chi connectivity index (χ1n) is 6.26. The monoisotopic (exact) mass is 294 g/mol. The van der Waals surface area contributed by atoms with Crippen molar-refractivity contribution in [3.05, 3.63) is 35.4 Å². The molecule has 0 spiro atoms. The Morgan fingerprint density at radius 3 is 2.90 bits per heavy atom. The van der Waals surface area contributed by atoms with E-state index in [9.17, 15) is 9.18 Å². The smallest absolute Gasteiger partial charge is 0.259 e. The molecule has 1 aromatic heterocycles. The van der Waals surface area contributed by atoms with Crippen LogP contribution in [0, 0.1) is 12.7 Å². The maximum Gasteiger partial charge on any atom is 0.259 e. The summed E-state index contributed by atoms with van der Waals surface area (Å²) in [6.07, 6.45) is 0.838. The second-order valence-corrected chi connectivity index (χ2v) is 4.94. The number of carbonyl (C=O) groups excluding carboxylic acids is 1. The van der Waals surface area contributed by atoms with Crippen LogP contribution in [0.2, 0.25) is 0 Å². The average Bonchev–Trinajstić information content (AvgIpc) is 2.82. The van der Waals surface area contributed by atoms with E-state index in [1.807, 2.05) is 6.92 Å². The van der Waals surface area contributed by atoms with Gasteiger partial charge in [0.2, 0.25) is 5.13 Å². The van der Waals surface area contributed by atoms with Crippen LogP contribution < -0.4 is 10.6 Å². The van der Waals surface area contributed by atoms with Crippen LogP contribution in [-0.2, 0) is 0 Å². The zero-order valence-corrected chi connectivity index (χ0v) is 12.1. The van der Waals surface area contributed by atoms with Crippen LogP contribution in [0.5, 0.6) is 0 Å². The molecule has 2 rings (SSSR count). The van der Waals surface area contributed by atoms with E-state index >= 15 is 0 Å². The Morgan fingerprint density at radius 2 is 2.25 bits per heavy atom. The molecule has 0 aliphatic rings. The summed E-state index contributed by atoms with van der Waals surface area (Å²) in [5.41, 5.74) is 0.472. The van der Waals surface area contributed by atoms with E-state index in [2.05, 4.69) is 20.0 Å². The Labute approximate surface area is 120 Å². The molecule has 1 heterocycles. The first-order valence-corrected chi connectivity index (χ1v) is 7.03. The van der Waals surface area contributed by atoms with Gasteiger partial charge in [0, 0.05) is 18.1 Å². The van der Waals surface area contributed by atoms with Gasteiger partial charge < -0.3 is 5.32 Å². The van der Waals surface area contributed by atoms with Crippen molar-refractivity contribution in [1.82, 2.24) is 9.36 Å². The maximum absolute atomic E-state index is 13.8. The van der Waals surface area contributed by atoms with Crippen molar-refractivity contribution in [2.45, 2.75) is 20.3 Å². The molecule has 7 heteroatoms. The topological polar surface area (TPSA) is 66.9 Å². The van der Waals surface area contributed by atoms with E-state index in [1.54, 1.807) is 13.0 Å². The highest BCUT2D eigenvalue weighted by molar-refractivity contribution is 7.09. The number of carbonyl (C=O) groups is 1. The molecule has 20 heavy (non-hydrogen) atoms. The molecule has 1 aromatic carbocycles. The molecule has 0 atom stereocenters. The second kappa shape index (κ2) is 6.42. The molecule has 0 radical (unpaired) electrons. The molecule has 2 N–H and O–H groups in total. The number of aryl methyl sites for hydroxylation is 1. The van der Waals surface area contributed by atoms with Gasteiger partial charge in [-0.2, -0.15) is 4.37 Å². The Kier molecular flexibility index (Phi) is 4.62. The van der Waals surface area contributed by atoms with Gasteiger partial charge >= 0.3 is 0 Å². The Balaban J connectivity index is 2.22. The molecule has 0 aliphatic heterocycles. The molecular weight excluding hydrogens is 279 g/mol. The van der Waals surface area contributed by atoms with Crippen molar-refractivity contribution in [2.75, 3.05) is 17.2 Å². The quantitative estimate of drug-likeness (QED) is 0.889. The van der Waals surface area contributed by atoms with Crippen molar-refractivity contribution in [2.24, 2.45) is 0 Å². The van der Waals surface area contributed by atoms with E-state index in [4.69, 9.17) is 0 Å². The zero-order chi connectivity index (χ0) is 14.5. The van der Waals surface area contributed by atoms with E-state index in [0.717, 1.165) is 18.0 Å². The lowest BCUT2D eigenvalue weighted by molar-refractivity contribution is 0.102. The molecule has 0 saturated carbocycles. The summed E-state index contributed by atoms with van der Waals surface area (Å²) in [5.74, 6) is -0.257. The zero-order valence-electron chi connectivity index (χ0n) is 11.2. The lowest BCUT2D eigenvalue weighted by atomic mass is 10.1. The van der Waals surface area contributed by atoms with Gasteiger partial charge in [-0.3, -0.25) is 10.1 Å². The lowest BCUT2D eigenvalue weighted by Gasteiger charge is -2.11. The number of amides is 1. The van der Waals surface area contributed by atoms with Gasteiger partial charge in [0.1, 0.15) is 11.6 Å². The molecule has 0 aliphatic carbocycles. The number of hydrogen-bond acceptors (Lipinski definition) is 5. The summed E-state index contributed by atoms with van der Waals surface area (Å²) in [5, 5.41) is 5.96. The largest absolute Gasteiger partial charge is 0.382 e. The Morgan fingerprint density at radius 1 is 1.45 bits per heavy atom. The SMILES string of the molecule is CCCNc1c(F)cccc1C(=O)Nc1nc(C)ns1. The number of rotatable bonds is 5. The Bertz CT molecular complexity index is 614. The Hall–Kier alpha value is -2.02. The number of halogens is 1. The summed E-state index contributed by atoms with van der Waals surface area (Å²) in [4.78, 5) is 16.2. The number of nitrogens with zero attached hydrogens (tertiary/aromatic N) is 2. The second-order valence-electron chi connectivity index (χ2n) is 4.19. The van der Waals surface area contributed by atoms with E-state index < -0.39 is 11.7 Å². The summed E-state index contributed by atoms with van der Waals surface area (Å²) in [7, 11) is 0. The van der Waals surface area contributed by atoms with Crippen molar-refractivity contribution in [1.29, 1.82) is 0 Å². The van der Waals surface area contributed by atoms with Crippen LogP contribution in [-0.4, -0.2) is 21.8 Å². The molecule has 1 amide bonds. The van der Waals surface area contributed by atoms with Crippen LogP contribution in [0.4, 0.5) is 15.2 Å². The minimum atomic E-state index is -0.445. The van der Waals surface area contributed by atoms with Gasteiger partial charge in [-0.1, -0.05) is 13.0 Å². The van der Waals surface area contributed by atoms with Crippen molar-refractivity contribution < 1.29 is 9.18 Å². The summed E-state index contributed by atoms with van der Waals surface area (Å²) >= 11 is 1.09. The van der Waals surface area contributed by atoms with Crippen LogP contribution in [0.3, 0.4) is 0 Å². The normalized spacial score (nSPS) is 10.3. The molecule has 0 fully saturated rings. The third-order valence-corrected chi connectivity index (χ3v) is 3.28. The van der Waals surface area contributed by atoms with Gasteiger partial charge in [0.15, 0.2) is 0 Å². The molecule has 0 unspecified atom stereocenters. The van der Waals surface area contributed by atoms with Crippen LogP contribution in [0.25, 0.3) is 0 Å². The first kappa shape index (κ1) is 14.4. The first-order chi connectivity index (χ1) is 9.61. The molecule has 106 valence electrons. The predicted octanol–water partition coefficient (Wildman–Crippen LogP) is 3.06. The number of nitrogens with one attached hydrogen (secondary N) is 2. The number of aromatic nitrogens is 2. The number of benzene rings is 1. The van der Waals surface area contributed by atoms with E-state index in [1.165, 1.54) is 12.1 Å². The molecular formula is C13H15FN4OS. The minimum absolute atomic E-state index is 0.216. The van der Waals surface area contributed by atoms with Gasteiger partial charge in [-0.15, -0.1) is 0 Å². The van der Waals surface area contributed by atoms with Crippen molar-refractivity contribution in [3.63, 3.8) is 0 Å². The number of para-hydroxylation sites is 1. The predicted molar refractivity (Wildman–Crippen MR) is 77.8 cm³/mol. The van der Waals surface area contributed by atoms with Gasteiger partial charge in [-0.25, -0.2) is 9.37 Å². The lowest BCUT2D eigenvalue weighted by Crippen LogP contribution is -2.16. The van der Waals surface area contributed by atoms with Crippen LogP contribution in [0.1, 0.15) is 29.5 Å². The highest BCUT2D eigenvalue weighted by atomic mass is 32.1. The fourth-order valence-corrected chi connectivity index (χ4v) is 2.23. The van der Waals surface area contributed by atoms with E-state index in [0.29, 0.717) is 17.5 Å². The average molecular weight is 294 g/mol. The van der Waals surface area contributed by atoms with Crippen LogP contribution >= 0.6 is 11.5 Å². The fraction of sp³-hybridized carbons (Fsp3) is 0.308. The molecule has 0 saturated heterocycles. The minimum Gasteiger partial charge on any atom is -0.382 e. The molecule has 0 bridgehead atoms.